The molecule has 0 radical (unpaired) electrons. The number of benzene rings is 1. The van der Waals surface area contributed by atoms with Crippen molar-refractivity contribution >= 4 is 0 Å². The number of ether oxygens (including phenoxy) is 2. The smallest absolute Gasteiger partial charge is 0.163 e. The summed E-state index contributed by atoms with van der Waals surface area (Å²) < 4.78 is 38.9. The van der Waals surface area contributed by atoms with Crippen LogP contribution >= 0.6 is 0 Å². The second-order valence-corrected chi connectivity index (χ2v) is 8.41. The molecule has 1 heterocycles. The molecule has 0 saturated carbocycles. The summed E-state index contributed by atoms with van der Waals surface area (Å²) in [5, 5.41) is 3.42. The number of hydrogen-bond donors (Lipinski definition) is 1. The van der Waals surface area contributed by atoms with Crippen LogP contribution in [0.3, 0.4) is 0 Å². The molecule has 1 aromatic carbocycles. The standard InChI is InChI=1S/C22H35F2NO2/c1-7-14(2)20-21(27-22(5,6)26-20)15(3)8-10-25-11-9-17-13-19(24)18(23)12-16(17)4/h12-15,20-21,25H,7-11H2,1-6H3. The van der Waals surface area contributed by atoms with Crippen LogP contribution in [0.4, 0.5) is 8.78 Å². The van der Waals surface area contributed by atoms with Gasteiger partial charge in [-0.15, -0.1) is 0 Å². The van der Waals surface area contributed by atoms with Crippen molar-refractivity contribution in [2.75, 3.05) is 13.1 Å². The Labute approximate surface area is 162 Å². The van der Waals surface area contributed by atoms with Crippen molar-refractivity contribution in [2.45, 2.75) is 78.8 Å². The molecule has 2 rings (SSSR count). The maximum absolute atomic E-state index is 13.4. The van der Waals surface area contributed by atoms with E-state index in [0.717, 1.165) is 37.1 Å². The van der Waals surface area contributed by atoms with Crippen LogP contribution in [0.1, 0.15) is 58.6 Å². The minimum absolute atomic E-state index is 0.102. The second-order valence-electron chi connectivity index (χ2n) is 8.41. The zero-order valence-corrected chi connectivity index (χ0v) is 17.6. The van der Waals surface area contributed by atoms with Crippen LogP contribution < -0.4 is 5.32 Å². The lowest BCUT2D eigenvalue weighted by molar-refractivity contribution is -0.153. The molecule has 3 nitrogen and oxygen atoms in total. The van der Waals surface area contributed by atoms with E-state index in [2.05, 4.69) is 26.1 Å². The fourth-order valence-corrected chi connectivity index (χ4v) is 3.73. The van der Waals surface area contributed by atoms with Crippen LogP contribution in [-0.4, -0.2) is 31.1 Å². The zero-order valence-electron chi connectivity index (χ0n) is 17.6. The Kier molecular flexibility index (Phi) is 7.78. The number of nitrogens with one attached hydrogen (secondary N) is 1. The molecule has 4 unspecified atom stereocenters. The van der Waals surface area contributed by atoms with Gasteiger partial charge in [0.15, 0.2) is 17.4 Å². The Morgan fingerprint density at radius 3 is 2.26 bits per heavy atom. The first kappa shape index (κ1) is 22.3. The van der Waals surface area contributed by atoms with Crippen molar-refractivity contribution < 1.29 is 18.3 Å². The molecule has 154 valence electrons. The monoisotopic (exact) mass is 383 g/mol. The zero-order chi connectivity index (χ0) is 20.2. The minimum atomic E-state index is -0.782. The van der Waals surface area contributed by atoms with Crippen LogP contribution in [-0.2, 0) is 15.9 Å². The van der Waals surface area contributed by atoms with Gasteiger partial charge in [-0.1, -0.05) is 27.2 Å². The summed E-state index contributed by atoms with van der Waals surface area (Å²) in [4.78, 5) is 0. The molecule has 0 bridgehead atoms. The van der Waals surface area contributed by atoms with Crippen LogP contribution in [0.5, 0.6) is 0 Å². The van der Waals surface area contributed by atoms with Gasteiger partial charge in [0.05, 0.1) is 12.2 Å². The van der Waals surface area contributed by atoms with E-state index in [1.54, 1.807) is 0 Å². The average molecular weight is 384 g/mol. The van der Waals surface area contributed by atoms with Crippen molar-refractivity contribution in [2.24, 2.45) is 11.8 Å². The Balaban J connectivity index is 1.78. The van der Waals surface area contributed by atoms with E-state index in [9.17, 15) is 8.78 Å². The van der Waals surface area contributed by atoms with Gasteiger partial charge in [0, 0.05) is 0 Å². The fraction of sp³-hybridized carbons (Fsp3) is 0.727. The number of halogens is 2. The van der Waals surface area contributed by atoms with E-state index in [0.29, 0.717) is 18.3 Å². The van der Waals surface area contributed by atoms with Crippen molar-refractivity contribution in [3.05, 3.63) is 34.9 Å². The summed E-state index contributed by atoms with van der Waals surface area (Å²) in [6.45, 7) is 14.0. The first-order valence-corrected chi connectivity index (χ1v) is 10.2. The molecular weight excluding hydrogens is 348 g/mol. The normalized spacial score (nSPS) is 24.1. The molecular formula is C22H35F2NO2. The minimum Gasteiger partial charge on any atom is -0.344 e. The van der Waals surface area contributed by atoms with Gasteiger partial charge in [-0.05, 0) is 81.8 Å². The lowest BCUT2D eigenvalue weighted by atomic mass is 9.89. The van der Waals surface area contributed by atoms with Crippen LogP contribution in [0.15, 0.2) is 12.1 Å². The van der Waals surface area contributed by atoms with E-state index >= 15 is 0 Å². The molecule has 1 aliphatic heterocycles. The Hall–Kier alpha value is -1.04. The van der Waals surface area contributed by atoms with E-state index < -0.39 is 17.4 Å². The Morgan fingerprint density at radius 1 is 1.04 bits per heavy atom. The van der Waals surface area contributed by atoms with Gasteiger partial charge in [0.25, 0.3) is 0 Å². The molecule has 27 heavy (non-hydrogen) atoms. The maximum Gasteiger partial charge on any atom is 0.163 e. The lowest BCUT2D eigenvalue weighted by Gasteiger charge is -2.27. The average Bonchev–Trinajstić information content (AvgIpc) is 2.93. The predicted molar refractivity (Wildman–Crippen MR) is 105 cm³/mol. The van der Waals surface area contributed by atoms with E-state index in [4.69, 9.17) is 9.47 Å². The molecule has 0 aromatic heterocycles. The summed E-state index contributed by atoms with van der Waals surface area (Å²) >= 11 is 0. The van der Waals surface area contributed by atoms with Crippen LogP contribution in [0, 0.1) is 30.4 Å². The molecule has 5 heteroatoms. The number of aryl methyl sites for hydroxylation is 1. The molecule has 0 aliphatic carbocycles. The number of hydrogen-bond acceptors (Lipinski definition) is 3. The van der Waals surface area contributed by atoms with Crippen LogP contribution in [0.25, 0.3) is 0 Å². The molecule has 0 amide bonds. The van der Waals surface area contributed by atoms with Gasteiger partial charge in [-0.3, -0.25) is 0 Å². The summed E-state index contributed by atoms with van der Waals surface area (Å²) in [6.07, 6.45) is 2.96. The SMILES string of the molecule is CCC(C)C1OC(C)(C)OC1C(C)CCNCCc1cc(F)c(F)cc1C. The molecule has 1 N–H and O–H groups in total. The molecule has 0 spiro atoms. The third kappa shape index (κ3) is 5.97. The fourth-order valence-electron chi connectivity index (χ4n) is 3.73. The second kappa shape index (κ2) is 9.44. The lowest BCUT2D eigenvalue weighted by Crippen LogP contribution is -2.35. The van der Waals surface area contributed by atoms with Crippen molar-refractivity contribution in [1.29, 1.82) is 0 Å². The quantitative estimate of drug-likeness (QED) is 0.609. The highest BCUT2D eigenvalue weighted by Gasteiger charge is 2.45. The Morgan fingerprint density at radius 2 is 1.63 bits per heavy atom. The van der Waals surface area contributed by atoms with E-state index in [1.165, 1.54) is 12.1 Å². The van der Waals surface area contributed by atoms with E-state index in [-0.39, 0.29) is 12.2 Å². The summed E-state index contributed by atoms with van der Waals surface area (Å²) in [5.41, 5.74) is 1.64. The van der Waals surface area contributed by atoms with Crippen molar-refractivity contribution in [3.63, 3.8) is 0 Å². The van der Waals surface area contributed by atoms with Crippen molar-refractivity contribution in [1.82, 2.24) is 5.32 Å². The van der Waals surface area contributed by atoms with Gasteiger partial charge >= 0.3 is 0 Å². The van der Waals surface area contributed by atoms with Gasteiger partial charge < -0.3 is 14.8 Å². The van der Waals surface area contributed by atoms with Crippen LogP contribution in [0.2, 0.25) is 0 Å². The highest BCUT2D eigenvalue weighted by molar-refractivity contribution is 5.27. The van der Waals surface area contributed by atoms with Gasteiger partial charge in [-0.25, -0.2) is 8.78 Å². The largest absolute Gasteiger partial charge is 0.344 e. The maximum atomic E-state index is 13.4. The molecule has 1 saturated heterocycles. The van der Waals surface area contributed by atoms with Gasteiger partial charge in [0.1, 0.15) is 0 Å². The molecule has 1 fully saturated rings. The Bertz CT molecular complexity index is 621. The molecule has 4 atom stereocenters. The highest BCUT2D eigenvalue weighted by Crippen LogP contribution is 2.37. The topological polar surface area (TPSA) is 30.5 Å². The predicted octanol–water partition coefficient (Wildman–Crippen LogP) is 5.00. The molecule has 1 aliphatic rings. The first-order chi connectivity index (χ1) is 12.6. The first-order valence-electron chi connectivity index (χ1n) is 10.2. The van der Waals surface area contributed by atoms with Crippen molar-refractivity contribution in [3.8, 4) is 0 Å². The summed E-state index contributed by atoms with van der Waals surface area (Å²) in [6, 6.07) is 2.57. The third-order valence-electron chi connectivity index (χ3n) is 5.66. The summed E-state index contributed by atoms with van der Waals surface area (Å²) in [5.74, 6) is -1.24. The summed E-state index contributed by atoms with van der Waals surface area (Å²) in [7, 11) is 0. The highest BCUT2D eigenvalue weighted by atomic mass is 19.2. The van der Waals surface area contributed by atoms with E-state index in [1.807, 2.05) is 20.8 Å². The number of rotatable bonds is 9. The third-order valence-corrected chi connectivity index (χ3v) is 5.66. The van der Waals surface area contributed by atoms with Gasteiger partial charge in [0.2, 0.25) is 0 Å². The molecule has 1 aromatic rings. The van der Waals surface area contributed by atoms with Gasteiger partial charge in [-0.2, -0.15) is 0 Å².